The molecule has 1 atom stereocenters. The van der Waals surface area contributed by atoms with Crippen LogP contribution in [0.2, 0.25) is 0 Å². The van der Waals surface area contributed by atoms with E-state index >= 15 is 0 Å². The maximum Gasteiger partial charge on any atom is 0.228 e. The Balaban J connectivity index is 0.00000225. The molecule has 0 bridgehead atoms. The maximum atomic E-state index is 12.4. The van der Waals surface area contributed by atoms with Crippen LogP contribution in [-0.2, 0) is 11.2 Å². The van der Waals surface area contributed by atoms with Gasteiger partial charge in [0.05, 0.1) is 13.0 Å². The lowest BCUT2D eigenvalue weighted by Gasteiger charge is -2.22. The predicted molar refractivity (Wildman–Crippen MR) is 104 cm³/mol. The van der Waals surface area contributed by atoms with Gasteiger partial charge in [-0.2, -0.15) is 0 Å². The standard InChI is InChI=1S/C20H24N2O2.ClH/c1-24-19-10-9-18(22-20(23)16-8-5-11-21-14-16)13-17(19)12-15-6-3-2-4-7-15;/h2-4,6-7,9-10,13,16,21H,5,8,11-12,14H2,1H3,(H,22,23);1H. The molecule has 0 spiro atoms. The Hall–Kier alpha value is -2.04. The van der Waals surface area contributed by atoms with E-state index in [2.05, 4.69) is 22.8 Å². The Morgan fingerprint density at radius 3 is 2.72 bits per heavy atom. The first kappa shape index (κ1) is 19.3. The van der Waals surface area contributed by atoms with Crippen molar-refractivity contribution in [2.75, 3.05) is 25.5 Å². The molecule has 4 nitrogen and oxygen atoms in total. The smallest absolute Gasteiger partial charge is 0.228 e. The number of methoxy groups -OCH3 is 1. The number of benzene rings is 2. The van der Waals surface area contributed by atoms with Gasteiger partial charge in [0.25, 0.3) is 0 Å². The number of nitrogens with one attached hydrogen (secondary N) is 2. The molecule has 1 aliphatic rings. The average Bonchev–Trinajstić information content (AvgIpc) is 2.63. The van der Waals surface area contributed by atoms with Gasteiger partial charge < -0.3 is 15.4 Å². The van der Waals surface area contributed by atoms with E-state index in [0.29, 0.717) is 0 Å². The number of carbonyl (C=O) groups is 1. The number of amides is 1. The average molecular weight is 361 g/mol. The Morgan fingerprint density at radius 1 is 1.24 bits per heavy atom. The lowest BCUT2D eigenvalue weighted by atomic mass is 9.98. The third-order valence-electron chi connectivity index (χ3n) is 4.45. The Bertz CT molecular complexity index is 685. The molecular formula is C20H25ClN2O2. The van der Waals surface area contributed by atoms with E-state index < -0.39 is 0 Å². The number of piperidine rings is 1. The molecule has 2 N–H and O–H groups in total. The Morgan fingerprint density at radius 2 is 2.04 bits per heavy atom. The van der Waals surface area contributed by atoms with E-state index in [1.807, 2.05) is 36.4 Å². The second-order valence-electron chi connectivity index (χ2n) is 6.22. The lowest BCUT2D eigenvalue weighted by Crippen LogP contribution is -2.37. The van der Waals surface area contributed by atoms with Crippen LogP contribution >= 0.6 is 12.4 Å². The van der Waals surface area contributed by atoms with Gasteiger partial charge in [-0.05, 0) is 43.1 Å². The molecule has 3 rings (SSSR count). The van der Waals surface area contributed by atoms with Crippen molar-refractivity contribution in [3.63, 3.8) is 0 Å². The molecule has 2 aromatic carbocycles. The van der Waals surface area contributed by atoms with Gasteiger partial charge in [-0.1, -0.05) is 30.3 Å². The van der Waals surface area contributed by atoms with E-state index in [-0.39, 0.29) is 24.2 Å². The van der Waals surface area contributed by atoms with Crippen LogP contribution in [0.25, 0.3) is 0 Å². The van der Waals surface area contributed by atoms with Crippen molar-refractivity contribution < 1.29 is 9.53 Å². The van der Waals surface area contributed by atoms with Crippen molar-refractivity contribution in [1.82, 2.24) is 5.32 Å². The molecule has 1 unspecified atom stereocenters. The molecule has 0 aliphatic carbocycles. The van der Waals surface area contributed by atoms with Gasteiger partial charge in [0, 0.05) is 24.2 Å². The van der Waals surface area contributed by atoms with Crippen molar-refractivity contribution >= 4 is 24.0 Å². The van der Waals surface area contributed by atoms with Gasteiger partial charge in [-0.25, -0.2) is 0 Å². The summed E-state index contributed by atoms with van der Waals surface area (Å²) in [5.41, 5.74) is 3.12. The van der Waals surface area contributed by atoms with E-state index in [4.69, 9.17) is 4.74 Å². The highest BCUT2D eigenvalue weighted by Crippen LogP contribution is 2.26. The van der Waals surface area contributed by atoms with Crippen molar-refractivity contribution in [2.45, 2.75) is 19.3 Å². The molecule has 134 valence electrons. The fourth-order valence-electron chi connectivity index (χ4n) is 3.13. The third kappa shape index (κ3) is 5.21. The zero-order chi connectivity index (χ0) is 16.8. The topological polar surface area (TPSA) is 50.4 Å². The quantitative estimate of drug-likeness (QED) is 0.855. The van der Waals surface area contributed by atoms with Crippen LogP contribution in [-0.4, -0.2) is 26.1 Å². The van der Waals surface area contributed by atoms with Crippen molar-refractivity contribution in [3.05, 3.63) is 59.7 Å². The number of rotatable bonds is 5. The van der Waals surface area contributed by atoms with Gasteiger partial charge in [-0.15, -0.1) is 12.4 Å². The highest BCUT2D eigenvalue weighted by molar-refractivity contribution is 5.93. The van der Waals surface area contributed by atoms with Crippen molar-refractivity contribution in [1.29, 1.82) is 0 Å². The van der Waals surface area contributed by atoms with Gasteiger partial charge in [-0.3, -0.25) is 4.79 Å². The van der Waals surface area contributed by atoms with Crippen LogP contribution in [0.4, 0.5) is 5.69 Å². The van der Waals surface area contributed by atoms with Gasteiger partial charge in [0.2, 0.25) is 5.91 Å². The summed E-state index contributed by atoms with van der Waals surface area (Å²) >= 11 is 0. The van der Waals surface area contributed by atoms with Crippen LogP contribution in [0.5, 0.6) is 5.75 Å². The number of halogens is 1. The number of carbonyl (C=O) groups excluding carboxylic acids is 1. The molecule has 0 aromatic heterocycles. The predicted octanol–water partition coefficient (Wildman–Crippen LogP) is 3.65. The summed E-state index contributed by atoms with van der Waals surface area (Å²) in [6.45, 7) is 1.77. The molecule has 25 heavy (non-hydrogen) atoms. The van der Waals surface area contributed by atoms with Gasteiger partial charge in [0.1, 0.15) is 5.75 Å². The minimum absolute atomic E-state index is 0. The Labute approximate surface area is 155 Å². The van der Waals surface area contributed by atoms with Gasteiger partial charge in [0.15, 0.2) is 0 Å². The van der Waals surface area contributed by atoms with Crippen molar-refractivity contribution in [2.24, 2.45) is 5.92 Å². The number of ether oxygens (including phenoxy) is 1. The van der Waals surface area contributed by atoms with Crippen LogP contribution < -0.4 is 15.4 Å². The number of hydrogen-bond acceptors (Lipinski definition) is 3. The monoisotopic (exact) mass is 360 g/mol. The van der Waals surface area contributed by atoms with Gasteiger partial charge >= 0.3 is 0 Å². The highest BCUT2D eigenvalue weighted by Gasteiger charge is 2.21. The molecule has 1 amide bonds. The molecule has 0 radical (unpaired) electrons. The minimum atomic E-state index is 0. The highest BCUT2D eigenvalue weighted by atomic mass is 35.5. The first-order chi connectivity index (χ1) is 11.8. The molecule has 0 saturated carbocycles. The summed E-state index contributed by atoms with van der Waals surface area (Å²) < 4.78 is 5.47. The zero-order valence-electron chi connectivity index (χ0n) is 14.5. The summed E-state index contributed by atoms with van der Waals surface area (Å²) in [6, 6.07) is 16.1. The molecule has 2 aromatic rings. The number of anilines is 1. The van der Waals surface area contributed by atoms with E-state index in [0.717, 1.165) is 49.4 Å². The van der Waals surface area contributed by atoms with Crippen LogP contribution in [0.1, 0.15) is 24.0 Å². The van der Waals surface area contributed by atoms with E-state index in [1.165, 1.54) is 5.56 Å². The van der Waals surface area contributed by atoms with E-state index in [9.17, 15) is 4.79 Å². The SMILES string of the molecule is COc1ccc(NC(=O)C2CCCNC2)cc1Cc1ccccc1.Cl. The largest absolute Gasteiger partial charge is 0.496 e. The van der Waals surface area contributed by atoms with Crippen molar-refractivity contribution in [3.8, 4) is 5.75 Å². The van der Waals surface area contributed by atoms with E-state index in [1.54, 1.807) is 7.11 Å². The summed E-state index contributed by atoms with van der Waals surface area (Å²) in [5, 5.41) is 6.34. The molecule has 1 saturated heterocycles. The molecule has 5 heteroatoms. The second kappa shape index (κ2) is 9.44. The first-order valence-corrected chi connectivity index (χ1v) is 8.48. The molecule has 1 fully saturated rings. The third-order valence-corrected chi connectivity index (χ3v) is 4.45. The number of hydrogen-bond donors (Lipinski definition) is 2. The zero-order valence-corrected chi connectivity index (χ0v) is 15.3. The maximum absolute atomic E-state index is 12.4. The first-order valence-electron chi connectivity index (χ1n) is 8.48. The summed E-state index contributed by atoms with van der Waals surface area (Å²) in [5.74, 6) is 0.993. The Kier molecular flexibility index (Phi) is 7.29. The second-order valence-corrected chi connectivity index (χ2v) is 6.22. The molecule has 1 heterocycles. The molecular weight excluding hydrogens is 336 g/mol. The molecule has 1 aliphatic heterocycles. The minimum Gasteiger partial charge on any atom is -0.496 e. The fraction of sp³-hybridized carbons (Fsp3) is 0.350. The summed E-state index contributed by atoms with van der Waals surface area (Å²) in [6.07, 6.45) is 2.78. The summed E-state index contributed by atoms with van der Waals surface area (Å²) in [7, 11) is 1.68. The summed E-state index contributed by atoms with van der Waals surface area (Å²) in [4.78, 5) is 12.4. The fourth-order valence-corrected chi connectivity index (χ4v) is 3.13. The van der Waals surface area contributed by atoms with Crippen LogP contribution in [0, 0.1) is 5.92 Å². The van der Waals surface area contributed by atoms with Crippen LogP contribution in [0.15, 0.2) is 48.5 Å². The van der Waals surface area contributed by atoms with Crippen LogP contribution in [0.3, 0.4) is 0 Å². The normalized spacial score (nSPS) is 16.6. The lowest BCUT2D eigenvalue weighted by molar-refractivity contribution is -0.120.